The quantitative estimate of drug-likeness (QED) is 0.918. The van der Waals surface area contributed by atoms with Crippen molar-refractivity contribution in [1.82, 2.24) is 14.9 Å². The Labute approximate surface area is 115 Å². The first-order valence-electron chi connectivity index (χ1n) is 6.39. The third-order valence-corrected chi connectivity index (χ3v) is 3.08. The fourth-order valence-corrected chi connectivity index (χ4v) is 2.28. The van der Waals surface area contributed by atoms with Gasteiger partial charge in [-0.05, 0) is 19.4 Å². The molecule has 0 radical (unpaired) electrons. The van der Waals surface area contributed by atoms with E-state index in [0.29, 0.717) is 24.9 Å². The number of halogens is 3. The molecular formula is C12H17F3N4O. The molecule has 1 aromatic rings. The summed E-state index contributed by atoms with van der Waals surface area (Å²) in [5.41, 5.74) is 0. The van der Waals surface area contributed by atoms with Crippen molar-refractivity contribution in [2.45, 2.75) is 25.1 Å². The number of rotatable bonds is 4. The van der Waals surface area contributed by atoms with Crippen LogP contribution in [0.3, 0.4) is 0 Å². The maximum atomic E-state index is 12.4. The molecule has 2 heterocycles. The van der Waals surface area contributed by atoms with E-state index in [-0.39, 0.29) is 6.04 Å². The maximum Gasteiger partial charge on any atom is 0.401 e. The molecule has 1 aromatic heterocycles. The molecule has 1 aliphatic heterocycles. The van der Waals surface area contributed by atoms with E-state index in [1.807, 2.05) is 0 Å². The van der Waals surface area contributed by atoms with Gasteiger partial charge < -0.3 is 10.1 Å². The highest BCUT2D eigenvalue weighted by Crippen LogP contribution is 2.21. The number of anilines is 1. The third-order valence-electron chi connectivity index (χ3n) is 3.08. The van der Waals surface area contributed by atoms with Crippen molar-refractivity contribution in [3.05, 3.63) is 12.3 Å². The molecule has 1 aliphatic rings. The van der Waals surface area contributed by atoms with Gasteiger partial charge in [0.1, 0.15) is 0 Å². The van der Waals surface area contributed by atoms with Crippen molar-refractivity contribution in [1.29, 1.82) is 0 Å². The van der Waals surface area contributed by atoms with Crippen molar-refractivity contribution in [2.24, 2.45) is 0 Å². The van der Waals surface area contributed by atoms with Crippen molar-refractivity contribution in [3.63, 3.8) is 0 Å². The SMILES string of the molecule is COc1ccnc(NC2CCCN(CC(F)(F)F)C2)n1. The van der Waals surface area contributed by atoms with Crippen LogP contribution in [0.25, 0.3) is 0 Å². The molecule has 0 spiro atoms. The first-order valence-corrected chi connectivity index (χ1v) is 6.39. The van der Waals surface area contributed by atoms with Gasteiger partial charge >= 0.3 is 6.18 Å². The van der Waals surface area contributed by atoms with Crippen LogP contribution in [0.5, 0.6) is 5.88 Å². The summed E-state index contributed by atoms with van der Waals surface area (Å²) in [6.45, 7) is -0.0686. The van der Waals surface area contributed by atoms with Gasteiger partial charge in [0, 0.05) is 24.8 Å². The molecule has 1 unspecified atom stereocenters. The number of likely N-dealkylation sites (tertiary alicyclic amines) is 1. The summed E-state index contributed by atoms with van der Waals surface area (Å²) < 4.78 is 42.1. The van der Waals surface area contributed by atoms with Crippen LogP contribution >= 0.6 is 0 Å². The Morgan fingerprint density at radius 1 is 1.50 bits per heavy atom. The predicted molar refractivity (Wildman–Crippen MR) is 67.7 cm³/mol. The van der Waals surface area contributed by atoms with Crippen LogP contribution in [0, 0.1) is 0 Å². The molecule has 0 aliphatic carbocycles. The number of ether oxygens (including phenoxy) is 1. The smallest absolute Gasteiger partial charge is 0.401 e. The predicted octanol–water partition coefficient (Wildman–Crippen LogP) is 1.92. The lowest BCUT2D eigenvalue weighted by Gasteiger charge is -2.33. The zero-order valence-corrected chi connectivity index (χ0v) is 11.2. The Morgan fingerprint density at radius 3 is 3.00 bits per heavy atom. The minimum atomic E-state index is -4.16. The van der Waals surface area contributed by atoms with Crippen LogP contribution in [0.1, 0.15) is 12.8 Å². The van der Waals surface area contributed by atoms with E-state index in [1.165, 1.54) is 12.0 Å². The highest BCUT2D eigenvalue weighted by atomic mass is 19.4. The Bertz CT molecular complexity index is 441. The average Bonchev–Trinajstić information content (AvgIpc) is 2.37. The second-order valence-electron chi connectivity index (χ2n) is 4.76. The number of alkyl halides is 3. The molecule has 0 amide bonds. The molecule has 112 valence electrons. The fourth-order valence-electron chi connectivity index (χ4n) is 2.28. The van der Waals surface area contributed by atoms with Gasteiger partial charge in [-0.15, -0.1) is 0 Å². The monoisotopic (exact) mass is 290 g/mol. The first-order chi connectivity index (χ1) is 9.46. The molecule has 1 atom stereocenters. The molecule has 20 heavy (non-hydrogen) atoms. The maximum absolute atomic E-state index is 12.4. The van der Waals surface area contributed by atoms with Gasteiger partial charge in [0.25, 0.3) is 0 Å². The topological polar surface area (TPSA) is 50.3 Å². The van der Waals surface area contributed by atoms with E-state index in [4.69, 9.17) is 4.74 Å². The number of piperidine rings is 1. The number of methoxy groups -OCH3 is 1. The number of nitrogens with zero attached hydrogens (tertiary/aromatic N) is 3. The molecule has 2 rings (SSSR count). The number of nitrogens with one attached hydrogen (secondary N) is 1. The highest BCUT2D eigenvalue weighted by molar-refractivity contribution is 5.29. The summed E-state index contributed by atoms with van der Waals surface area (Å²) in [5, 5.41) is 3.06. The lowest BCUT2D eigenvalue weighted by atomic mass is 10.1. The van der Waals surface area contributed by atoms with Crippen molar-refractivity contribution < 1.29 is 17.9 Å². The summed E-state index contributed by atoms with van der Waals surface area (Å²) in [4.78, 5) is 9.54. The van der Waals surface area contributed by atoms with Gasteiger partial charge in [-0.3, -0.25) is 4.90 Å². The molecule has 0 saturated carbocycles. The Balaban J connectivity index is 1.92. The van der Waals surface area contributed by atoms with E-state index < -0.39 is 12.7 Å². The van der Waals surface area contributed by atoms with Gasteiger partial charge in [-0.2, -0.15) is 18.2 Å². The van der Waals surface area contributed by atoms with Crippen LogP contribution < -0.4 is 10.1 Å². The van der Waals surface area contributed by atoms with Gasteiger partial charge in [0.2, 0.25) is 11.8 Å². The van der Waals surface area contributed by atoms with Gasteiger partial charge in [0.15, 0.2) is 0 Å². The Hall–Kier alpha value is -1.57. The first kappa shape index (κ1) is 14.8. The summed E-state index contributed by atoms with van der Waals surface area (Å²) in [6.07, 6.45) is -1.09. The van der Waals surface area contributed by atoms with E-state index in [0.717, 1.165) is 12.8 Å². The summed E-state index contributed by atoms with van der Waals surface area (Å²) in [7, 11) is 1.50. The Kier molecular flexibility index (Phi) is 4.64. The minimum Gasteiger partial charge on any atom is -0.481 e. The second kappa shape index (κ2) is 6.25. The number of aromatic nitrogens is 2. The summed E-state index contributed by atoms with van der Waals surface area (Å²) in [5.74, 6) is 0.800. The molecule has 0 bridgehead atoms. The molecule has 8 heteroatoms. The van der Waals surface area contributed by atoms with Crippen LogP contribution in [-0.4, -0.2) is 53.8 Å². The summed E-state index contributed by atoms with van der Waals surface area (Å²) >= 11 is 0. The lowest BCUT2D eigenvalue weighted by Crippen LogP contribution is -2.46. The van der Waals surface area contributed by atoms with Gasteiger partial charge in [0.05, 0.1) is 13.7 Å². The van der Waals surface area contributed by atoms with E-state index >= 15 is 0 Å². The molecule has 1 fully saturated rings. The van der Waals surface area contributed by atoms with Crippen LogP contribution in [0.4, 0.5) is 19.1 Å². The van der Waals surface area contributed by atoms with Crippen LogP contribution in [0.15, 0.2) is 12.3 Å². The highest BCUT2D eigenvalue weighted by Gasteiger charge is 2.33. The van der Waals surface area contributed by atoms with Crippen LogP contribution in [-0.2, 0) is 0 Å². The van der Waals surface area contributed by atoms with E-state index in [9.17, 15) is 13.2 Å². The lowest BCUT2D eigenvalue weighted by molar-refractivity contribution is -0.147. The minimum absolute atomic E-state index is 0.0850. The third kappa shape index (κ3) is 4.52. The number of hydrogen-bond acceptors (Lipinski definition) is 5. The second-order valence-corrected chi connectivity index (χ2v) is 4.76. The van der Waals surface area contributed by atoms with E-state index in [1.54, 1.807) is 12.3 Å². The standard InChI is InChI=1S/C12H17F3N4O/c1-20-10-4-5-16-11(18-10)17-9-3-2-6-19(7-9)8-12(13,14)15/h4-5,9H,2-3,6-8H2,1H3,(H,16,17,18). The zero-order valence-electron chi connectivity index (χ0n) is 11.2. The fraction of sp³-hybridized carbons (Fsp3) is 0.667. The number of hydrogen-bond donors (Lipinski definition) is 1. The molecule has 1 saturated heterocycles. The molecule has 5 nitrogen and oxygen atoms in total. The molecular weight excluding hydrogens is 273 g/mol. The van der Waals surface area contributed by atoms with Gasteiger partial charge in [-0.1, -0.05) is 0 Å². The average molecular weight is 290 g/mol. The Morgan fingerprint density at radius 2 is 2.30 bits per heavy atom. The van der Waals surface area contributed by atoms with Crippen molar-refractivity contribution in [2.75, 3.05) is 32.1 Å². The largest absolute Gasteiger partial charge is 0.481 e. The molecule has 0 aromatic carbocycles. The zero-order chi connectivity index (χ0) is 14.6. The van der Waals surface area contributed by atoms with Crippen molar-refractivity contribution in [3.8, 4) is 5.88 Å². The molecule has 1 N–H and O–H groups in total. The summed E-state index contributed by atoms with van der Waals surface area (Å²) in [6, 6.07) is 1.53. The van der Waals surface area contributed by atoms with E-state index in [2.05, 4.69) is 15.3 Å². The van der Waals surface area contributed by atoms with Crippen molar-refractivity contribution >= 4 is 5.95 Å². The van der Waals surface area contributed by atoms with Gasteiger partial charge in [-0.25, -0.2) is 4.98 Å². The normalized spacial score (nSPS) is 20.7. The van der Waals surface area contributed by atoms with Crippen LogP contribution in [0.2, 0.25) is 0 Å².